The van der Waals surface area contributed by atoms with E-state index in [-0.39, 0.29) is 11.9 Å². The predicted molar refractivity (Wildman–Crippen MR) is 75.4 cm³/mol. The Bertz CT molecular complexity index is 442. The van der Waals surface area contributed by atoms with Gasteiger partial charge in [0.05, 0.1) is 0 Å². The third kappa shape index (κ3) is 2.91. The van der Waals surface area contributed by atoms with Crippen molar-refractivity contribution in [3.63, 3.8) is 0 Å². The summed E-state index contributed by atoms with van der Waals surface area (Å²) >= 11 is 0. The number of nitrogens with one attached hydrogen (secondary N) is 1. The maximum absolute atomic E-state index is 11.9. The highest BCUT2D eigenvalue weighted by molar-refractivity contribution is 5.86. The van der Waals surface area contributed by atoms with Gasteiger partial charge in [-0.15, -0.1) is 0 Å². The molecule has 3 nitrogen and oxygen atoms in total. The summed E-state index contributed by atoms with van der Waals surface area (Å²) in [7, 11) is 0. The van der Waals surface area contributed by atoms with Crippen molar-refractivity contribution in [2.75, 3.05) is 0 Å². The van der Waals surface area contributed by atoms with Crippen LogP contribution in [-0.2, 0) is 10.3 Å². The molecule has 1 rings (SSSR count). The van der Waals surface area contributed by atoms with Gasteiger partial charge >= 0.3 is 0 Å². The van der Waals surface area contributed by atoms with Gasteiger partial charge < -0.3 is 5.73 Å². The van der Waals surface area contributed by atoms with Gasteiger partial charge in [-0.2, -0.15) is 0 Å². The third-order valence-electron chi connectivity index (χ3n) is 3.56. The molecule has 3 heteroatoms. The first-order valence-electron chi connectivity index (χ1n) is 6.46. The SMILES string of the molecule is CCC(C)NC(C)(C(N)=O)c1ccc(C)cc1C. The van der Waals surface area contributed by atoms with Crippen LogP contribution in [0.5, 0.6) is 0 Å². The number of rotatable bonds is 5. The van der Waals surface area contributed by atoms with E-state index in [9.17, 15) is 4.79 Å². The lowest BCUT2D eigenvalue weighted by Crippen LogP contribution is -2.53. The molecule has 0 spiro atoms. The van der Waals surface area contributed by atoms with Crippen LogP contribution in [0.3, 0.4) is 0 Å². The van der Waals surface area contributed by atoms with Gasteiger partial charge in [-0.25, -0.2) is 0 Å². The van der Waals surface area contributed by atoms with Gasteiger partial charge in [-0.1, -0.05) is 30.7 Å². The fourth-order valence-corrected chi connectivity index (χ4v) is 2.25. The summed E-state index contributed by atoms with van der Waals surface area (Å²) in [6, 6.07) is 6.32. The van der Waals surface area contributed by atoms with Crippen molar-refractivity contribution in [2.24, 2.45) is 5.73 Å². The lowest BCUT2D eigenvalue weighted by Gasteiger charge is -2.32. The van der Waals surface area contributed by atoms with Crippen LogP contribution in [0.15, 0.2) is 18.2 Å². The van der Waals surface area contributed by atoms with Gasteiger partial charge in [0.2, 0.25) is 5.91 Å². The molecule has 1 aromatic carbocycles. The molecular weight excluding hydrogens is 224 g/mol. The van der Waals surface area contributed by atoms with Gasteiger partial charge in [-0.05, 0) is 45.2 Å². The molecule has 0 aliphatic heterocycles. The number of carbonyl (C=O) groups excluding carboxylic acids is 1. The van der Waals surface area contributed by atoms with Gasteiger partial charge in [0.15, 0.2) is 0 Å². The Morgan fingerprint density at radius 3 is 2.50 bits per heavy atom. The van der Waals surface area contributed by atoms with E-state index in [1.54, 1.807) is 0 Å². The first kappa shape index (κ1) is 14.7. The zero-order valence-corrected chi connectivity index (χ0v) is 12.0. The number of nitrogens with two attached hydrogens (primary N) is 1. The molecule has 18 heavy (non-hydrogen) atoms. The van der Waals surface area contributed by atoms with Crippen LogP contribution >= 0.6 is 0 Å². The van der Waals surface area contributed by atoms with Crippen LogP contribution in [-0.4, -0.2) is 11.9 Å². The van der Waals surface area contributed by atoms with Crippen molar-refractivity contribution in [3.05, 3.63) is 34.9 Å². The maximum atomic E-state index is 11.9. The molecule has 0 fully saturated rings. The van der Waals surface area contributed by atoms with Gasteiger partial charge in [-0.3, -0.25) is 10.1 Å². The molecule has 2 unspecified atom stereocenters. The number of amides is 1. The molecule has 0 aromatic heterocycles. The van der Waals surface area contributed by atoms with E-state index < -0.39 is 5.54 Å². The Morgan fingerprint density at radius 2 is 2.06 bits per heavy atom. The zero-order chi connectivity index (χ0) is 13.9. The molecule has 0 bridgehead atoms. The molecule has 1 aromatic rings. The third-order valence-corrected chi connectivity index (χ3v) is 3.56. The molecule has 0 heterocycles. The van der Waals surface area contributed by atoms with Gasteiger partial charge in [0.1, 0.15) is 5.54 Å². The quantitative estimate of drug-likeness (QED) is 0.840. The molecule has 0 saturated heterocycles. The number of hydrogen-bond donors (Lipinski definition) is 2. The summed E-state index contributed by atoms with van der Waals surface area (Å²) in [5.41, 5.74) is 8.03. The van der Waals surface area contributed by atoms with Crippen LogP contribution in [0, 0.1) is 13.8 Å². The van der Waals surface area contributed by atoms with E-state index in [1.165, 1.54) is 5.56 Å². The van der Waals surface area contributed by atoms with Crippen molar-refractivity contribution in [1.29, 1.82) is 0 Å². The second-order valence-corrected chi connectivity index (χ2v) is 5.26. The minimum absolute atomic E-state index is 0.239. The summed E-state index contributed by atoms with van der Waals surface area (Å²) in [6.07, 6.45) is 0.952. The molecule has 0 radical (unpaired) electrons. The summed E-state index contributed by atoms with van der Waals surface area (Å²) in [4.78, 5) is 11.9. The van der Waals surface area contributed by atoms with Crippen molar-refractivity contribution >= 4 is 5.91 Å². The summed E-state index contributed by atoms with van der Waals surface area (Å²) in [5, 5.41) is 3.34. The Balaban J connectivity index is 3.22. The molecule has 0 aliphatic rings. The van der Waals surface area contributed by atoms with E-state index >= 15 is 0 Å². The van der Waals surface area contributed by atoms with E-state index in [4.69, 9.17) is 5.73 Å². The van der Waals surface area contributed by atoms with E-state index in [1.807, 2.05) is 32.9 Å². The summed E-state index contributed by atoms with van der Waals surface area (Å²) in [5.74, 6) is -0.338. The average molecular weight is 248 g/mol. The first-order chi connectivity index (χ1) is 8.31. The Labute approximate surface area is 110 Å². The minimum Gasteiger partial charge on any atom is -0.368 e. The molecule has 3 N–H and O–H groups in total. The van der Waals surface area contributed by atoms with Crippen LogP contribution < -0.4 is 11.1 Å². The van der Waals surface area contributed by atoms with E-state index in [0.717, 1.165) is 17.5 Å². The number of primary amides is 1. The minimum atomic E-state index is -0.812. The molecular formula is C15H24N2O. The van der Waals surface area contributed by atoms with Crippen molar-refractivity contribution in [3.8, 4) is 0 Å². The zero-order valence-electron chi connectivity index (χ0n) is 12.0. The lowest BCUT2D eigenvalue weighted by molar-refractivity contribution is -0.124. The van der Waals surface area contributed by atoms with Crippen LogP contribution in [0.1, 0.15) is 43.9 Å². The molecule has 2 atom stereocenters. The number of aryl methyl sites for hydroxylation is 2. The second kappa shape index (κ2) is 5.53. The number of hydrogen-bond acceptors (Lipinski definition) is 2. The normalized spacial score (nSPS) is 16.1. The fraction of sp³-hybridized carbons (Fsp3) is 0.533. The highest BCUT2D eigenvalue weighted by atomic mass is 16.1. The fourth-order valence-electron chi connectivity index (χ4n) is 2.25. The Hall–Kier alpha value is -1.35. The topological polar surface area (TPSA) is 55.1 Å². The van der Waals surface area contributed by atoms with Gasteiger partial charge in [0, 0.05) is 6.04 Å². The van der Waals surface area contributed by atoms with Crippen molar-refractivity contribution < 1.29 is 4.79 Å². The maximum Gasteiger partial charge on any atom is 0.242 e. The number of benzene rings is 1. The Kier molecular flexibility index (Phi) is 4.52. The van der Waals surface area contributed by atoms with Crippen LogP contribution in [0.4, 0.5) is 0 Å². The first-order valence-corrected chi connectivity index (χ1v) is 6.46. The monoisotopic (exact) mass is 248 g/mol. The molecule has 1 amide bonds. The molecule has 100 valence electrons. The average Bonchev–Trinajstić information content (AvgIpc) is 2.28. The van der Waals surface area contributed by atoms with Crippen LogP contribution in [0.25, 0.3) is 0 Å². The van der Waals surface area contributed by atoms with E-state index in [0.29, 0.717) is 0 Å². The van der Waals surface area contributed by atoms with Crippen LogP contribution in [0.2, 0.25) is 0 Å². The Morgan fingerprint density at radius 1 is 1.44 bits per heavy atom. The predicted octanol–water partition coefficient (Wildman–Crippen LogP) is 2.39. The second-order valence-electron chi connectivity index (χ2n) is 5.26. The van der Waals surface area contributed by atoms with E-state index in [2.05, 4.69) is 25.2 Å². The smallest absolute Gasteiger partial charge is 0.242 e. The van der Waals surface area contributed by atoms with Crippen molar-refractivity contribution in [1.82, 2.24) is 5.32 Å². The summed E-state index contributed by atoms with van der Waals surface area (Å²) < 4.78 is 0. The molecule has 0 aliphatic carbocycles. The highest BCUT2D eigenvalue weighted by Crippen LogP contribution is 2.25. The van der Waals surface area contributed by atoms with Crippen molar-refractivity contribution in [2.45, 2.75) is 52.6 Å². The number of carbonyl (C=O) groups is 1. The standard InChI is InChI=1S/C15H24N2O/c1-6-12(4)17-15(5,14(16)18)13-8-7-10(2)9-11(13)3/h7-9,12,17H,6H2,1-5H3,(H2,16,18). The highest BCUT2D eigenvalue weighted by Gasteiger charge is 2.35. The summed E-state index contributed by atoms with van der Waals surface area (Å²) in [6.45, 7) is 10.1. The van der Waals surface area contributed by atoms with Gasteiger partial charge in [0.25, 0.3) is 0 Å². The molecule has 0 saturated carbocycles. The largest absolute Gasteiger partial charge is 0.368 e. The lowest BCUT2D eigenvalue weighted by atomic mass is 9.86.